The zero-order chi connectivity index (χ0) is 19.1. The summed E-state index contributed by atoms with van der Waals surface area (Å²) in [5, 5.41) is 11.9. The summed E-state index contributed by atoms with van der Waals surface area (Å²) in [5.41, 5.74) is 0.865. The van der Waals surface area contributed by atoms with Crippen LogP contribution < -0.4 is 5.32 Å². The molecule has 2 rings (SSSR count). The molecule has 1 aliphatic rings. The molecule has 26 heavy (non-hydrogen) atoms. The smallest absolute Gasteiger partial charge is 0.410 e. The van der Waals surface area contributed by atoms with Crippen LogP contribution in [0.1, 0.15) is 38.7 Å². The van der Waals surface area contributed by atoms with Gasteiger partial charge >= 0.3 is 12.1 Å². The Hall–Kier alpha value is -2.57. The SMILES string of the molecule is CC[C@H](C)[C@@H](NC(=O)[C@H]1CCCN1C(=O)OCc1ccccc1)C(=O)O. The summed E-state index contributed by atoms with van der Waals surface area (Å²) in [6.07, 6.45) is 1.26. The first kappa shape index (κ1) is 19.8. The number of amides is 2. The fourth-order valence-corrected chi connectivity index (χ4v) is 2.99. The third-order valence-corrected chi connectivity index (χ3v) is 4.77. The third-order valence-electron chi connectivity index (χ3n) is 4.77. The largest absolute Gasteiger partial charge is 0.480 e. The van der Waals surface area contributed by atoms with Gasteiger partial charge in [0.2, 0.25) is 5.91 Å². The van der Waals surface area contributed by atoms with Crippen molar-refractivity contribution in [1.29, 1.82) is 0 Å². The molecule has 1 aromatic rings. The van der Waals surface area contributed by atoms with E-state index in [4.69, 9.17) is 4.74 Å². The van der Waals surface area contributed by atoms with Crippen molar-refractivity contribution in [3.63, 3.8) is 0 Å². The minimum absolute atomic E-state index is 0.134. The number of hydrogen-bond acceptors (Lipinski definition) is 4. The number of carboxylic acid groups (broad SMARTS) is 1. The summed E-state index contributed by atoms with van der Waals surface area (Å²) in [6, 6.07) is 7.64. The van der Waals surface area contributed by atoms with Gasteiger partial charge in [0.25, 0.3) is 0 Å². The molecule has 1 aromatic carbocycles. The Morgan fingerprint density at radius 2 is 2.00 bits per heavy atom. The predicted molar refractivity (Wildman–Crippen MR) is 95.4 cm³/mol. The molecule has 7 nitrogen and oxygen atoms in total. The third kappa shape index (κ3) is 4.97. The summed E-state index contributed by atoms with van der Waals surface area (Å²) >= 11 is 0. The Bertz CT molecular complexity index is 634. The summed E-state index contributed by atoms with van der Waals surface area (Å²) in [5.74, 6) is -1.70. The molecule has 0 spiro atoms. The van der Waals surface area contributed by atoms with Crippen LogP contribution in [0, 0.1) is 5.92 Å². The number of hydrogen-bond donors (Lipinski definition) is 2. The van der Waals surface area contributed by atoms with Crippen molar-refractivity contribution in [3.05, 3.63) is 35.9 Å². The first-order valence-electron chi connectivity index (χ1n) is 8.94. The number of nitrogens with zero attached hydrogens (tertiary/aromatic N) is 1. The van der Waals surface area contributed by atoms with Gasteiger partial charge in [-0.2, -0.15) is 0 Å². The van der Waals surface area contributed by atoms with Crippen LogP contribution in [0.4, 0.5) is 4.79 Å². The molecule has 2 amide bonds. The second kappa shape index (κ2) is 9.22. The average molecular weight is 362 g/mol. The zero-order valence-corrected chi connectivity index (χ0v) is 15.2. The molecule has 0 radical (unpaired) electrons. The molecule has 142 valence electrons. The van der Waals surface area contributed by atoms with E-state index in [1.165, 1.54) is 4.90 Å². The van der Waals surface area contributed by atoms with Gasteiger partial charge in [0.15, 0.2) is 0 Å². The zero-order valence-electron chi connectivity index (χ0n) is 15.2. The molecule has 0 bridgehead atoms. The van der Waals surface area contributed by atoms with Gasteiger partial charge in [-0.05, 0) is 24.3 Å². The van der Waals surface area contributed by atoms with Gasteiger partial charge in [-0.1, -0.05) is 50.6 Å². The van der Waals surface area contributed by atoms with E-state index in [1.54, 1.807) is 6.92 Å². The van der Waals surface area contributed by atoms with E-state index in [-0.39, 0.29) is 12.5 Å². The van der Waals surface area contributed by atoms with Gasteiger partial charge < -0.3 is 15.2 Å². The minimum Gasteiger partial charge on any atom is -0.480 e. The Labute approximate surface area is 153 Å². The van der Waals surface area contributed by atoms with Crippen molar-refractivity contribution in [1.82, 2.24) is 10.2 Å². The van der Waals surface area contributed by atoms with Gasteiger partial charge in [0.05, 0.1) is 0 Å². The number of carbonyl (C=O) groups is 3. The highest BCUT2D eigenvalue weighted by atomic mass is 16.6. The van der Waals surface area contributed by atoms with Crippen LogP contribution in [0.15, 0.2) is 30.3 Å². The van der Waals surface area contributed by atoms with Gasteiger partial charge in [-0.3, -0.25) is 9.69 Å². The highest BCUT2D eigenvalue weighted by Crippen LogP contribution is 2.20. The molecular formula is C19H26N2O5. The summed E-state index contributed by atoms with van der Waals surface area (Å²) in [4.78, 5) is 37.7. The molecular weight excluding hydrogens is 336 g/mol. The Balaban J connectivity index is 1.96. The van der Waals surface area contributed by atoms with Crippen molar-refractivity contribution in [2.75, 3.05) is 6.54 Å². The monoisotopic (exact) mass is 362 g/mol. The molecule has 7 heteroatoms. The summed E-state index contributed by atoms with van der Waals surface area (Å²) in [6.45, 7) is 4.21. The molecule has 0 aromatic heterocycles. The number of benzene rings is 1. The lowest BCUT2D eigenvalue weighted by Gasteiger charge is -2.26. The molecule has 1 fully saturated rings. The second-order valence-electron chi connectivity index (χ2n) is 6.60. The number of rotatable bonds is 7. The van der Waals surface area contributed by atoms with E-state index in [0.29, 0.717) is 25.8 Å². The summed E-state index contributed by atoms with van der Waals surface area (Å²) in [7, 11) is 0. The van der Waals surface area contributed by atoms with E-state index in [1.807, 2.05) is 37.3 Å². The van der Waals surface area contributed by atoms with Gasteiger partial charge in [0.1, 0.15) is 18.7 Å². The topological polar surface area (TPSA) is 95.9 Å². The molecule has 0 aliphatic carbocycles. The highest BCUT2D eigenvalue weighted by Gasteiger charge is 2.37. The number of carbonyl (C=O) groups excluding carboxylic acids is 2. The van der Waals surface area contributed by atoms with Crippen molar-refractivity contribution in [3.8, 4) is 0 Å². The lowest BCUT2D eigenvalue weighted by Crippen LogP contribution is -2.52. The number of likely N-dealkylation sites (tertiary alicyclic amines) is 1. The van der Waals surface area contributed by atoms with E-state index < -0.39 is 30.1 Å². The molecule has 1 saturated heterocycles. The molecule has 3 atom stereocenters. The maximum Gasteiger partial charge on any atom is 0.410 e. The van der Waals surface area contributed by atoms with Gasteiger partial charge in [0, 0.05) is 6.54 Å². The first-order valence-corrected chi connectivity index (χ1v) is 8.94. The normalized spacial score (nSPS) is 18.8. The Kier molecular flexibility index (Phi) is 7.00. The lowest BCUT2D eigenvalue weighted by atomic mass is 9.99. The first-order chi connectivity index (χ1) is 12.4. The van der Waals surface area contributed by atoms with Crippen LogP contribution in [-0.2, 0) is 20.9 Å². The van der Waals surface area contributed by atoms with Crippen molar-refractivity contribution in [2.45, 2.75) is 51.8 Å². The molecule has 2 N–H and O–H groups in total. The van der Waals surface area contributed by atoms with Crippen LogP contribution in [0.25, 0.3) is 0 Å². The molecule has 0 saturated carbocycles. The maximum atomic E-state index is 12.5. The fraction of sp³-hybridized carbons (Fsp3) is 0.526. The predicted octanol–water partition coefficient (Wildman–Crippen LogP) is 2.40. The number of ether oxygens (including phenoxy) is 1. The van der Waals surface area contributed by atoms with Crippen LogP contribution in [0.3, 0.4) is 0 Å². The Morgan fingerprint density at radius 1 is 1.31 bits per heavy atom. The average Bonchev–Trinajstić information content (AvgIpc) is 3.14. The summed E-state index contributed by atoms with van der Waals surface area (Å²) < 4.78 is 5.30. The van der Waals surface area contributed by atoms with Crippen LogP contribution in [-0.4, -0.2) is 46.6 Å². The van der Waals surface area contributed by atoms with Crippen molar-refractivity contribution in [2.24, 2.45) is 5.92 Å². The number of carboxylic acids is 1. The number of nitrogens with one attached hydrogen (secondary N) is 1. The standard InChI is InChI=1S/C19H26N2O5/c1-3-13(2)16(18(23)24)20-17(22)15-10-7-11-21(15)19(25)26-12-14-8-5-4-6-9-14/h4-6,8-9,13,15-16H,3,7,10-12H2,1-2H3,(H,20,22)(H,23,24)/t13-,15+,16+/m0/s1. The van der Waals surface area contributed by atoms with E-state index >= 15 is 0 Å². The lowest BCUT2D eigenvalue weighted by molar-refractivity contribution is -0.144. The number of aliphatic carboxylic acids is 1. The van der Waals surface area contributed by atoms with Crippen molar-refractivity contribution < 1.29 is 24.2 Å². The maximum absolute atomic E-state index is 12.5. The Morgan fingerprint density at radius 3 is 2.62 bits per heavy atom. The van der Waals surface area contributed by atoms with E-state index in [9.17, 15) is 19.5 Å². The van der Waals surface area contributed by atoms with Crippen LogP contribution in [0.5, 0.6) is 0 Å². The van der Waals surface area contributed by atoms with Crippen LogP contribution in [0.2, 0.25) is 0 Å². The van der Waals surface area contributed by atoms with Crippen molar-refractivity contribution >= 4 is 18.0 Å². The molecule has 0 unspecified atom stereocenters. The molecule has 1 heterocycles. The highest BCUT2D eigenvalue weighted by molar-refractivity contribution is 5.89. The van der Waals surface area contributed by atoms with Gasteiger partial charge in [-0.25, -0.2) is 9.59 Å². The minimum atomic E-state index is -1.07. The second-order valence-corrected chi connectivity index (χ2v) is 6.60. The fourth-order valence-electron chi connectivity index (χ4n) is 2.99. The van der Waals surface area contributed by atoms with Gasteiger partial charge in [-0.15, -0.1) is 0 Å². The molecule has 1 aliphatic heterocycles. The van der Waals surface area contributed by atoms with Crippen LogP contribution >= 0.6 is 0 Å². The quantitative estimate of drug-likeness (QED) is 0.776. The van der Waals surface area contributed by atoms with E-state index in [0.717, 1.165) is 5.56 Å². The van der Waals surface area contributed by atoms with E-state index in [2.05, 4.69) is 5.32 Å².